The van der Waals surface area contributed by atoms with Crippen LogP contribution < -0.4 is 10.6 Å². The molecule has 1 rings (SSSR count). The van der Waals surface area contributed by atoms with E-state index in [0.717, 1.165) is 70.7 Å². The lowest BCUT2D eigenvalue weighted by molar-refractivity contribution is 0.123. The highest BCUT2D eigenvalue weighted by Crippen LogP contribution is 2.28. The average molecular weight is 299 g/mol. The van der Waals surface area contributed by atoms with Gasteiger partial charge in [0.1, 0.15) is 0 Å². The SMILES string of the molecule is CCCCOCCCNC(=NC)NCCCOCC1CC1. The molecule has 1 fully saturated rings. The van der Waals surface area contributed by atoms with Crippen molar-refractivity contribution in [2.75, 3.05) is 46.6 Å². The van der Waals surface area contributed by atoms with Crippen LogP contribution in [0, 0.1) is 5.92 Å². The summed E-state index contributed by atoms with van der Waals surface area (Å²) in [6.07, 6.45) is 7.09. The first-order chi connectivity index (χ1) is 10.4. The Bertz CT molecular complexity index is 268. The lowest BCUT2D eigenvalue weighted by atomic mass is 10.4. The molecule has 0 amide bonds. The minimum Gasteiger partial charge on any atom is -0.381 e. The van der Waals surface area contributed by atoms with Crippen molar-refractivity contribution in [2.24, 2.45) is 10.9 Å². The molecule has 5 heteroatoms. The van der Waals surface area contributed by atoms with Gasteiger partial charge in [0, 0.05) is 46.6 Å². The molecule has 0 aromatic rings. The van der Waals surface area contributed by atoms with Crippen LogP contribution in [0.1, 0.15) is 45.4 Å². The van der Waals surface area contributed by atoms with Crippen molar-refractivity contribution in [2.45, 2.75) is 45.4 Å². The van der Waals surface area contributed by atoms with Gasteiger partial charge in [0.2, 0.25) is 0 Å². The fourth-order valence-corrected chi connectivity index (χ4v) is 1.87. The van der Waals surface area contributed by atoms with Gasteiger partial charge in [-0.2, -0.15) is 0 Å². The van der Waals surface area contributed by atoms with Gasteiger partial charge in [0.25, 0.3) is 0 Å². The maximum Gasteiger partial charge on any atom is 0.190 e. The summed E-state index contributed by atoms with van der Waals surface area (Å²) >= 11 is 0. The van der Waals surface area contributed by atoms with E-state index in [1.807, 2.05) is 0 Å². The number of hydrogen-bond donors (Lipinski definition) is 2. The van der Waals surface area contributed by atoms with Crippen molar-refractivity contribution >= 4 is 5.96 Å². The van der Waals surface area contributed by atoms with E-state index in [2.05, 4.69) is 22.5 Å². The molecular weight excluding hydrogens is 266 g/mol. The second kappa shape index (κ2) is 12.9. The number of hydrogen-bond acceptors (Lipinski definition) is 3. The Balaban J connectivity index is 1.84. The van der Waals surface area contributed by atoms with Crippen LogP contribution in [0.15, 0.2) is 4.99 Å². The average Bonchev–Trinajstić information content (AvgIpc) is 3.31. The van der Waals surface area contributed by atoms with Crippen LogP contribution in [0.2, 0.25) is 0 Å². The van der Waals surface area contributed by atoms with Crippen LogP contribution in [0.4, 0.5) is 0 Å². The third-order valence-electron chi connectivity index (χ3n) is 3.43. The molecule has 0 radical (unpaired) electrons. The van der Waals surface area contributed by atoms with Gasteiger partial charge in [-0.15, -0.1) is 0 Å². The van der Waals surface area contributed by atoms with Gasteiger partial charge < -0.3 is 20.1 Å². The molecule has 21 heavy (non-hydrogen) atoms. The predicted octanol–water partition coefficient (Wildman–Crippen LogP) is 2.17. The van der Waals surface area contributed by atoms with Crippen LogP contribution in [-0.2, 0) is 9.47 Å². The zero-order valence-electron chi connectivity index (χ0n) is 13.8. The summed E-state index contributed by atoms with van der Waals surface area (Å²) in [5, 5.41) is 6.60. The Morgan fingerprint density at radius 1 is 1.00 bits per heavy atom. The van der Waals surface area contributed by atoms with Crippen LogP contribution in [0.5, 0.6) is 0 Å². The van der Waals surface area contributed by atoms with Gasteiger partial charge in [0.15, 0.2) is 5.96 Å². The third kappa shape index (κ3) is 11.5. The number of nitrogens with one attached hydrogen (secondary N) is 2. The van der Waals surface area contributed by atoms with Gasteiger partial charge in [-0.1, -0.05) is 13.3 Å². The van der Waals surface area contributed by atoms with Gasteiger partial charge in [0.05, 0.1) is 0 Å². The Labute approximate surface area is 129 Å². The zero-order valence-corrected chi connectivity index (χ0v) is 13.8. The molecule has 1 aliphatic carbocycles. The first-order valence-electron chi connectivity index (χ1n) is 8.46. The fourth-order valence-electron chi connectivity index (χ4n) is 1.87. The van der Waals surface area contributed by atoms with E-state index in [9.17, 15) is 0 Å². The Morgan fingerprint density at radius 2 is 1.62 bits per heavy atom. The number of nitrogens with zero attached hydrogens (tertiary/aromatic N) is 1. The highest BCUT2D eigenvalue weighted by atomic mass is 16.5. The van der Waals surface area contributed by atoms with Gasteiger partial charge in [-0.05, 0) is 38.0 Å². The minimum atomic E-state index is 0.818. The maximum atomic E-state index is 5.60. The topological polar surface area (TPSA) is 54.9 Å². The van der Waals surface area contributed by atoms with Gasteiger partial charge in [-0.3, -0.25) is 4.99 Å². The maximum absolute atomic E-state index is 5.60. The lowest BCUT2D eigenvalue weighted by Gasteiger charge is -2.12. The highest BCUT2D eigenvalue weighted by Gasteiger charge is 2.20. The molecule has 0 atom stereocenters. The van der Waals surface area contributed by atoms with Crippen LogP contribution in [0.3, 0.4) is 0 Å². The van der Waals surface area contributed by atoms with Gasteiger partial charge in [-0.25, -0.2) is 0 Å². The summed E-state index contributed by atoms with van der Waals surface area (Å²) in [6, 6.07) is 0. The standard InChI is InChI=1S/C16H33N3O2/c1-3-4-11-20-12-5-9-18-16(17-2)19-10-6-13-21-14-15-7-8-15/h15H,3-14H2,1-2H3,(H2,17,18,19). The molecule has 0 spiro atoms. The Morgan fingerprint density at radius 3 is 2.19 bits per heavy atom. The van der Waals surface area contributed by atoms with E-state index in [4.69, 9.17) is 9.47 Å². The fraction of sp³-hybridized carbons (Fsp3) is 0.938. The summed E-state index contributed by atoms with van der Waals surface area (Å²) in [7, 11) is 1.80. The zero-order chi connectivity index (χ0) is 15.2. The number of unbranched alkanes of at least 4 members (excludes halogenated alkanes) is 1. The molecule has 1 saturated carbocycles. The number of aliphatic imine (C=N–C) groups is 1. The van der Waals surface area contributed by atoms with Crippen molar-refractivity contribution in [1.82, 2.24) is 10.6 Å². The molecule has 0 bridgehead atoms. The number of rotatable bonds is 13. The normalized spacial score (nSPS) is 15.2. The van der Waals surface area contributed by atoms with Crippen molar-refractivity contribution in [3.63, 3.8) is 0 Å². The Hall–Kier alpha value is -0.810. The summed E-state index contributed by atoms with van der Waals surface area (Å²) < 4.78 is 11.1. The van der Waals surface area contributed by atoms with E-state index < -0.39 is 0 Å². The quantitative estimate of drug-likeness (QED) is 0.311. The Kier molecular flexibility index (Phi) is 11.2. The summed E-state index contributed by atoms with van der Waals surface area (Å²) in [6.45, 7) is 7.46. The number of guanidine groups is 1. The first-order valence-corrected chi connectivity index (χ1v) is 8.46. The molecule has 0 saturated heterocycles. The largest absolute Gasteiger partial charge is 0.381 e. The van der Waals surface area contributed by atoms with Crippen LogP contribution >= 0.6 is 0 Å². The molecule has 0 aliphatic heterocycles. The smallest absolute Gasteiger partial charge is 0.190 e. The first kappa shape index (κ1) is 18.2. The second-order valence-corrected chi connectivity index (χ2v) is 5.62. The molecule has 5 nitrogen and oxygen atoms in total. The molecule has 0 heterocycles. The van der Waals surface area contributed by atoms with Crippen molar-refractivity contribution in [3.8, 4) is 0 Å². The van der Waals surface area contributed by atoms with E-state index in [0.29, 0.717) is 0 Å². The van der Waals surface area contributed by atoms with Crippen molar-refractivity contribution in [3.05, 3.63) is 0 Å². The van der Waals surface area contributed by atoms with E-state index in [1.54, 1.807) is 7.05 Å². The van der Waals surface area contributed by atoms with Crippen molar-refractivity contribution < 1.29 is 9.47 Å². The monoisotopic (exact) mass is 299 g/mol. The van der Waals surface area contributed by atoms with Crippen LogP contribution in [0.25, 0.3) is 0 Å². The molecule has 1 aliphatic rings. The molecular formula is C16H33N3O2. The van der Waals surface area contributed by atoms with E-state index in [1.165, 1.54) is 19.3 Å². The summed E-state index contributed by atoms with van der Waals surface area (Å²) in [4.78, 5) is 4.20. The minimum absolute atomic E-state index is 0.818. The summed E-state index contributed by atoms with van der Waals surface area (Å²) in [5.74, 6) is 1.72. The molecule has 124 valence electrons. The second-order valence-electron chi connectivity index (χ2n) is 5.62. The van der Waals surface area contributed by atoms with Crippen molar-refractivity contribution in [1.29, 1.82) is 0 Å². The lowest BCUT2D eigenvalue weighted by Crippen LogP contribution is -2.38. The molecule has 0 unspecified atom stereocenters. The third-order valence-corrected chi connectivity index (χ3v) is 3.43. The van der Waals surface area contributed by atoms with E-state index >= 15 is 0 Å². The predicted molar refractivity (Wildman–Crippen MR) is 87.9 cm³/mol. The van der Waals surface area contributed by atoms with Gasteiger partial charge >= 0.3 is 0 Å². The number of ether oxygens (including phenoxy) is 2. The summed E-state index contributed by atoms with van der Waals surface area (Å²) in [5.41, 5.74) is 0. The molecule has 0 aromatic carbocycles. The van der Waals surface area contributed by atoms with E-state index in [-0.39, 0.29) is 0 Å². The van der Waals surface area contributed by atoms with Crippen LogP contribution in [-0.4, -0.2) is 52.5 Å². The highest BCUT2D eigenvalue weighted by molar-refractivity contribution is 5.79. The molecule has 2 N–H and O–H groups in total. The molecule has 0 aromatic heterocycles.